The first kappa shape index (κ1) is 13.4. The Labute approximate surface area is 107 Å². The molecule has 0 unspecified atom stereocenters. The first-order valence-electron chi connectivity index (χ1n) is 7.85. The van der Waals surface area contributed by atoms with Crippen LogP contribution in [0.25, 0.3) is 0 Å². The monoisotopic (exact) mass is 238 g/mol. The van der Waals surface area contributed by atoms with Gasteiger partial charge in [0.25, 0.3) is 0 Å². The zero-order chi connectivity index (χ0) is 12.1. The summed E-state index contributed by atoms with van der Waals surface area (Å²) in [5.41, 5.74) is 0.250. The van der Waals surface area contributed by atoms with E-state index in [-0.39, 0.29) is 5.60 Å². The fourth-order valence-corrected chi connectivity index (χ4v) is 4.26. The molecule has 0 spiro atoms. The maximum Gasteiger partial charge on any atom is 0.0678 e. The van der Waals surface area contributed by atoms with Gasteiger partial charge in [0.2, 0.25) is 0 Å². The van der Waals surface area contributed by atoms with Crippen molar-refractivity contribution >= 4 is 0 Å². The number of rotatable bonds is 4. The van der Waals surface area contributed by atoms with Gasteiger partial charge in [0, 0.05) is 7.11 Å². The summed E-state index contributed by atoms with van der Waals surface area (Å²) in [5, 5.41) is 0. The standard InChI is InChI=1S/C16H30O/c1-3-11-16(17-2)12-9-15(10-13-16)14-7-5-4-6-8-14/h14-15H,3-13H2,1-2H3. The third-order valence-corrected chi connectivity index (χ3v) is 5.40. The number of hydrogen-bond donors (Lipinski definition) is 0. The molecule has 0 radical (unpaired) electrons. The first-order valence-corrected chi connectivity index (χ1v) is 7.85. The third kappa shape index (κ3) is 3.24. The minimum absolute atomic E-state index is 0.250. The predicted molar refractivity (Wildman–Crippen MR) is 73.2 cm³/mol. The van der Waals surface area contributed by atoms with Crippen molar-refractivity contribution in [1.29, 1.82) is 0 Å². The summed E-state index contributed by atoms with van der Waals surface area (Å²) < 4.78 is 5.85. The van der Waals surface area contributed by atoms with Gasteiger partial charge < -0.3 is 4.74 Å². The molecule has 2 fully saturated rings. The van der Waals surface area contributed by atoms with Crippen LogP contribution >= 0.6 is 0 Å². The average molecular weight is 238 g/mol. The van der Waals surface area contributed by atoms with Crippen molar-refractivity contribution < 1.29 is 4.74 Å². The van der Waals surface area contributed by atoms with Gasteiger partial charge in [-0.2, -0.15) is 0 Å². The van der Waals surface area contributed by atoms with Crippen LogP contribution in [0.2, 0.25) is 0 Å². The molecule has 2 saturated carbocycles. The number of ether oxygens (including phenoxy) is 1. The zero-order valence-electron chi connectivity index (χ0n) is 11.8. The molecule has 0 amide bonds. The molecule has 2 aliphatic rings. The van der Waals surface area contributed by atoms with Gasteiger partial charge in [-0.1, -0.05) is 45.4 Å². The Hall–Kier alpha value is -0.0400. The van der Waals surface area contributed by atoms with E-state index in [9.17, 15) is 0 Å². The lowest BCUT2D eigenvalue weighted by atomic mass is 9.69. The highest BCUT2D eigenvalue weighted by Crippen LogP contribution is 2.43. The van der Waals surface area contributed by atoms with Crippen LogP contribution in [0.15, 0.2) is 0 Å². The summed E-state index contributed by atoms with van der Waals surface area (Å²) in [4.78, 5) is 0. The van der Waals surface area contributed by atoms with Crippen LogP contribution in [0.5, 0.6) is 0 Å². The Morgan fingerprint density at radius 3 is 2.06 bits per heavy atom. The maximum atomic E-state index is 5.85. The Bertz CT molecular complexity index is 210. The van der Waals surface area contributed by atoms with Gasteiger partial charge in [-0.15, -0.1) is 0 Å². The van der Waals surface area contributed by atoms with Gasteiger partial charge >= 0.3 is 0 Å². The number of hydrogen-bond acceptors (Lipinski definition) is 1. The second kappa shape index (κ2) is 6.22. The second-order valence-corrected chi connectivity index (χ2v) is 6.37. The van der Waals surface area contributed by atoms with Gasteiger partial charge in [0.05, 0.1) is 5.60 Å². The average Bonchev–Trinajstić information content (AvgIpc) is 2.41. The molecule has 100 valence electrons. The molecule has 1 nitrogen and oxygen atoms in total. The van der Waals surface area contributed by atoms with Crippen molar-refractivity contribution in [3.8, 4) is 0 Å². The summed E-state index contributed by atoms with van der Waals surface area (Å²) >= 11 is 0. The molecule has 0 aromatic heterocycles. The molecule has 0 aliphatic heterocycles. The smallest absolute Gasteiger partial charge is 0.0678 e. The van der Waals surface area contributed by atoms with E-state index < -0.39 is 0 Å². The molecule has 0 saturated heterocycles. The molecular weight excluding hydrogens is 208 g/mol. The van der Waals surface area contributed by atoms with Gasteiger partial charge in [0.1, 0.15) is 0 Å². The van der Waals surface area contributed by atoms with Crippen LogP contribution < -0.4 is 0 Å². The minimum atomic E-state index is 0.250. The van der Waals surface area contributed by atoms with Crippen molar-refractivity contribution in [2.24, 2.45) is 11.8 Å². The highest BCUT2D eigenvalue weighted by atomic mass is 16.5. The predicted octanol–water partition coefficient (Wildman–Crippen LogP) is 4.94. The third-order valence-electron chi connectivity index (χ3n) is 5.40. The Balaban J connectivity index is 1.83. The SMILES string of the molecule is CCCC1(OC)CCC(C2CCCCC2)CC1. The number of methoxy groups -OCH3 is 1. The fraction of sp³-hybridized carbons (Fsp3) is 1.00. The van der Waals surface area contributed by atoms with Gasteiger partial charge in [0.15, 0.2) is 0 Å². The van der Waals surface area contributed by atoms with Crippen molar-refractivity contribution in [2.75, 3.05) is 7.11 Å². The van der Waals surface area contributed by atoms with E-state index in [1.165, 1.54) is 70.6 Å². The largest absolute Gasteiger partial charge is 0.378 e. The molecule has 17 heavy (non-hydrogen) atoms. The van der Waals surface area contributed by atoms with Gasteiger partial charge in [-0.05, 0) is 43.9 Å². The van der Waals surface area contributed by atoms with Crippen LogP contribution in [0, 0.1) is 11.8 Å². The first-order chi connectivity index (χ1) is 8.29. The summed E-state index contributed by atoms with van der Waals surface area (Å²) in [5.74, 6) is 2.08. The van der Waals surface area contributed by atoms with E-state index in [4.69, 9.17) is 4.74 Å². The lowest BCUT2D eigenvalue weighted by Crippen LogP contribution is -2.38. The molecule has 0 N–H and O–H groups in total. The highest BCUT2D eigenvalue weighted by Gasteiger charge is 2.37. The summed E-state index contributed by atoms with van der Waals surface area (Å²) in [6.07, 6.45) is 15.5. The molecule has 0 aromatic rings. The quantitative estimate of drug-likeness (QED) is 0.674. The lowest BCUT2D eigenvalue weighted by molar-refractivity contribution is -0.0622. The van der Waals surface area contributed by atoms with E-state index >= 15 is 0 Å². The van der Waals surface area contributed by atoms with E-state index in [1.807, 2.05) is 7.11 Å². The summed E-state index contributed by atoms with van der Waals surface area (Å²) in [6, 6.07) is 0. The Morgan fingerprint density at radius 1 is 0.941 bits per heavy atom. The summed E-state index contributed by atoms with van der Waals surface area (Å²) in [7, 11) is 1.93. The zero-order valence-corrected chi connectivity index (χ0v) is 11.8. The van der Waals surface area contributed by atoms with Gasteiger partial charge in [-0.25, -0.2) is 0 Å². The molecule has 2 aliphatic carbocycles. The van der Waals surface area contributed by atoms with Crippen LogP contribution in [0.1, 0.15) is 77.6 Å². The normalized spacial score (nSPS) is 36.0. The second-order valence-electron chi connectivity index (χ2n) is 6.37. The van der Waals surface area contributed by atoms with E-state index in [0.29, 0.717) is 0 Å². The topological polar surface area (TPSA) is 9.23 Å². The Morgan fingerprint density at radius 2 is 1.53 bits per heavy atom. The maximum absolute atomic E-state index is 5.85. The van der Waals surface area contributed by atoms with Crippen molar-refractivity contribution in [3.05, 3.63) is 0 Å². The molecule has 0 atom stereocenters. The van der Waals surface area contributed by atoms with E-state index in [0.717, 1.165) is 11.8 Å². The molecule has 1 heteroatoms. The van der Waals surface area contributed by atoms with E-state index in [1.54, 1.807) is 0 Å². The Kier molecular flexibility index (Phi) is 4.90. The molecule has 0 aromatic carbocycles. The molecule has 0 heterocycles. The van der Waals surface area contributed by atoms with Crippen molar-refractivity contribution in [1.82, 2.24) is 0 Å². The van der Waals surface area contributed by atoms with Crippen LogP contribution in [0.4, 0.5) is 0 Å². The van der Waals surface area contributed by atoms with Crippen molar-refractivity contribution in [3.63, 3.8) is 0 Å². The molecular formula is C16H30O. The fourth-order valence-electron chi connectivity index (χ4n) is 4.26. The van der Waals surface area contributed by atoms with Crippen molar-refractivity contribution in [2.45, 2.75) is 83.2 Å². The minimum Gasteiger partial charge on any atom is -0.378 e. The van der Waals surface area contributed by atoms with Crippen LogP contribution in [-0.2, 0) is 4.74 Å². The van der Waals surface area contributed by atoms with Crippen LogP contribution in [-0.4, -0.2) is 12.7 Å². The summed E-state index contributed by atoms with van der Waals surface area (Å²) in [6.45, 7) is 2.29. The highest BCUT2D eigenvalue weighted by molar-refractivity contribution is 4.89. The van der Waals surface area contributed by atoms with E-state index in [2.05, 4.69) is 6.92 Å². The molecule has 2 rings (SSSR count). The van der Waals surface area contributed by atoms with Gasteiger partial charge in [-0.3, -0.25) is 0 Å². The lowest BCUT2D eigenvalue weighted by Gasteiger charge is -2.42. The molecule has 0 bridgehead atoms. The van der Waals surface area contributed by atoms with Crippen LogP contribution in [0.3, 0.4) is 0 Å².